The Kier molecular flexibility index (Phi) is 5.57. The zero-order valence-corrected chi connectivity index (χ0v) is 16.8. The van der Waals surface area contributed by atoms with Gasteiger partial charge < -0.3 is 15.0 Å². The molecule has 1 atom stereocenters. The fourth-order valence-corrected chi connectivity index (χ4v) is 3.85. The van der Waals surface area contributed by atoms with Gasteiger partial charge in [0.05, 0.1) is 11.2 Å². The summed E-state index contributed by atoms with van der Waals surface area (Å²) in [4.78, 5) is 31.3. The largest absolute Gasteiger partial charge is 0.487 e. The Hall–Kier alpha value is -3.19. The second kappa shape index (κ2) is 8.45. The Morgan fingerprint density at radius 2 is 2.00 bits per heavy atom. The predicted octanol–water partition coefficient (Wildman–Crippen LogP) is 3.43. The summed E-state index contributed by atoms with van der Waals surface area (Å²) in [6.45, 7) is 2.74. The lowest BCUT2D eigenvalue weighted by molar-refractivity contribution is -0.119. The molecule has 1 aromatic heterocycles. The molecule has 4 rings (SSSR count). The van der Waals surface area contributed by atoms with E-state index in [1.807, 2.05) is 29.6 Å². The minimum atomic E-state index is -0.616. The van der Waals surface area contributed by atoms with Crippen LogP contribution in [0.5, 0.6) is 5.75 Å². The van der Waals surface area contributed by atoms with Crippen molar-refractivity contribution in [3.8, 4) is 5.75 Å². The highest BCUT2D eigenvalue weighted by Gasteiger charge is 2.28. The van der Waals surface area contributed by atoms with E-state index >= 15 is 0 Å². The number of carbonyl (C=O) groups is 2. The smallest absolute Gasteiger partial charge is 0.251 e. The first-order valence-corrected chi connectivity index (χ1v) is 10.4. The third kappa shape index (κ3) is 4.30. The van der Waals surface area contributed by atoms with E-state index in [1.54, 1.807) is 41.6 Å². The van der Waals surface area contributed by atoms with Crippen molar-refractivity contribution in [2.24, 2.45) is 0 Å². The summed E-state index contributed by atoms with van der Waals surface area (Å²) in [5.74, 6) is 0.267. The average Bonchev–Trinajstić information content (AvgIpc) is 3.42. The lowest BCUT2D eigenvalue weighted by Gasteiger charge is -2.22. The van der Waals surface area contributed by atoms with Crippen LogP contribution < -0.4 is 15.0 Å². The molecule has 0 fully saturated rings. The average molecular weight is 407 g/mol. The number of thiazole rings is 1. The maximum atomic E-state index is 12.8. The Morgan fingerprint density at radius 1 is 1.21 bits per heavy atom. The van der Waals surface area contributed by atoms with Crippen LogP contribution in [0.2, 0.25) is 0 Å². The normalized spacial score (nSPS) is 13.6. The Labute approximate surface area is 173 Å². The maximum Gasteiger partial charge on any atom is 0.251 e. The lowest BCUT2D eigenvalue weighted by atomic mass is 10.1. The first-order valence-electron chi connectivity index (χ1n) is 9.42. The second-order valence-corrected chi connectivity index (χ2v) is 7.58. The summed E-state index contributed by atoms with van der Waals surface area (Å²) in [6.07, 6.45) is 0.838. The van der Waals surface area contributed by atoms with Crippen LogP contribution in [0, 0.1) is 0 Å². The standard InChI is InChI=1S/C22H21N3O3S/c1-15(22(27)25-11-10-16-4-2-3-5-20(16)25)24-21(26)17-6-8-19(9-7-17)28-12-18-13-29-14-23-18/h2-9,13-15H,10-12H2,1H3,(H,24,26). The van der Waals surface area contributed by atoms with Gasteiger partial charge >= 0.3 is 0 Å². The summed E-state index contributed by atoms with van der Waals surface area (Å²) in [5.41, 5.74) is 5.20. The highest BCUT2D eigenvalue weighted by Crippen LogP contribution is 2.27. The summed E-state index contributed by atoms with van der Waals surface area (Å²) in [5, 5.41) is 4.73. The molecule has 2 aromatic carbocycles. The number of aromatic nitrogens is 1. The molecule has 1 aliphatic rings. The third-order valence-corrected chi connectivity index (χ3v) is 5.49. The van der Waals surface area contributed by atoms with Crippen molar-refractivity contribution in [3.05, 3.63) is 76.2 Å². The summed E-state index contributed by atoms with van der Waals surface area (Å²) < 4.78 is 5.66. The Morgan fingerprint density at radius 3 is 2.76 bits per heavy atom. The van der Waals surface area contributed by atoms with Crippen molar-refractivity contribution in [1.29, 1.82) is 0 Å². The molecule has 2 heterocycles. The zero-order chi connectivity index (χ0) is 20.2. The van der Waals surface area contributed by atoms with Gasteiger partial charge in [0.1, 0.15) is 18.4 Å². The van der Waals surface area contributed by atoms with Crippen LogP contribution in [-0.2, 0) is 17.8 Å². The molecule has 0 saturated carbocycles. The van der Waals surface area contributed by atoms with Gasteiger partial charge in [-0.3, -0.25) is 9.59 Å². The summed E-state index contributed by atoms with van der Waals surface area (Å²) in [6, 6.07) is 14.1. The van der Waals surface area contributed by atoms with Crippen molar-refractivity contribution < 1.29 is 14.3 Å². The SMILES string of the molecule is CC(NC(=O)c1ccc(OCc2cscn2)cc1)C(=O)N1CCc2ccccc21. The van der Waals surface area contributed by atoms with Crippen LogP contribution in [0.1, 0.15) is 28.5 Å². The van der Waals surface area contributed by atoms with Crippen LogP contribution in [0.3, 0.4) is 0 Å². The topological polar surface area (TPSA) is 71.5 Å². The molecule has 0 saturated heterocycles. The van der Waals surface area contributed by atoms with E-state index in [0.717, 1.165) is 23.4 Å². The Balaban J connectivity index is 1.34. The number of ether oxygens (including phenoxy) is 1. The molecule has 6 nitrogen and oxygen atoms in total. The van der Waals surface area contributed by atoms with Crippen molar-refractivity contribution >= 4 is 28.8 Å². The van der Waals surface area contributed by atoms with Crippen molar-refractivity contribution in [1.82, 2.24) is 10.3 Å². The van der Waals surface area contributed by atoms with Crippen LogP contribution in [-0.4, -0.2) is 29.4 Å². The molecule has 2 amide bonds. The van der Waals surface area contributed by atoms with E-state index < -0.39 is 6.04 Å². The van der Waals surface area contributed by atoms with Crippen molar-refractivity contribution in [2.75, 3.05) is 11.4 Å². The highest BCUT2D eigenvalue weighted by molar-refractivity contribution is 7.07. The van der Waals surface area contributed by atoms with Crippen molar-refractivity contribution in [2.45, 2.75) is 26.0 Å². The molecule has 7 heteroatoms. The van der Waals surface area contributed by atoms with E-state index in [9.17, 15) is 9.59 Å². The van der Waals surface area contributed by atoms with E-state index in [4.69, 9.17) is 4.74 Å². The van der Waals surface area contributed by atoms with Gasteiger partial charge in [0.15, 0.2) is 0 Å². The van der Waals surface area contributed by atoms with Gasteiger partial charge in [-0.05, 0) is 49.2 Å². The molecule has 3 aromatic rings. The summed E-state index contributed by atoms with van der Waals surface area (Å²) >= 11 is 1.52. The zero-order valence-electron chi connectivity index (χ0n) is 16.0. The van der Waals surface area contributed by atoms with Gasteiger partial charge in [-0.25, -0.2) is 4.98 Å². The molecule has 148 valence electrons. The molecule has 0 aliphatic carbocycles. The maximum absolute atomic E-state index is 12.8. The number of carbonyl (C=O) groups excluding carboxylic acids is 2. The van der Waals surface area contributed by atoms with Crippen molar-refractivity contribution in [3.63, 3.8) is 0 Å². The van der Waals surface area contributed by atoms with E-state index in [1.165, 1.54) is 11.3 Å². The molecular formula is C22H21N3O3S. The number of hydrogen-bond acceptors (Lipinski definition) is 5. The Bertz CT molecular complexity index is 1000. The molecule has 1 N–H and O–H groups in total. The fraction of sp³-hybridized carbons (Fsp3) is 0.227. The number of amides is 2. The minimum absolute atomic E-state index is 0.105. The van der Waals surface area contributed by atoms with Gasteiger partial charge in [-0.15, -0.1) is 11.3 Å². The van der Waals surface area contributed by atoms with Crippen LogP contribution in [0.15, 0.2) is 59.4 Å². The van der Waals surface area contributed by atoms with E-state index in [0.29, 0.717) is 24.5 Å². The number of nitrogens with zero attached hydrogens (tertiary/aromatic N) is 2. The molecule has 0 spiro atoms. The number of hydrogen-bond donors (Lipinski definition) is 1. The number of anilines is 1. The monoisotopic (exact) mass is 407 g/mol. The highest BCUT2D eigenvalue weighted by atomic mass is 32.1. The quantitative estimate of drug-likeness (QED) is 0.680. The molecule has 1 aliphatic heterocycles. The first kappa shape index (κ1) is 19.1. The van der Waals surface area contributed by atoms with Gasteiger partial charge in [-0.2, -0.15) is 0 Å². The van der Waals surface area contributed by atoms with Gasteiger partial charge in [0.25, 0.3) is 5.91 Å². The molecule has 0 bridgehead atoms. The lowest BCUT2D eigenvalue weighted by Crippen LogP contribution is -2.46. The molecular weight excluding hydrogens is 386 g/mol. The van der Waals surface area contributed by atoms with Crippen LogP contribution in [0.4, 0.5) is 5.69 Å². The number of fused-ring (bicyclic) bond motifs is 1. The van der Waals surface area contributed by atoms with E-state index in [-0.39, 0.29) is 11.8 Å². The molecule has 0 radical (unpaired) electrons. The second-order valence-electron chi connectivity index (χ2n) is 6.86. The number of nitrogens with one attached hydrogen (secondary N) is 1. The number of rotatable bonds is 6. The molecule has 29 heavy (non-hydrogen) atoms. The van der Waals surface area contributed by atoms with E-state index in [2.05, 4.69) is 10.3 Å². The number of benzene rings is 2. The van der Waals surface area contributed by atoms with Gasteiger partial charge in [0.2, 0.25) is 5.91 Å². The number of para-hydroxylation sites is 1. The first-order chi connectivity index (χ1) is 14.1. The minimum Gasteiger partial charge on any atom is -0.487 e. The third-order valence-electron chi connectivity index (χ3n) is 4.86. The van der Waals surface area contributed by atoms with Crippen LogP contribution in [0.25, 0.3) is 0 Å². The van der Waals surface area contributed by atoms with Crippen LogP contribution >= 0.6 is 11.3 Å². The summed E-state index contributed by atoms with van der Waals surface area (Å²) in [7, 11) is 0. The van der Waals surface area contributed by atoms with Gasteiger partial charge in [-0.1, -0.05) is 18.2 Å². The molecule has 1 unspecified atom stereocenters. The fourth-order valence-electron chi connectivity index (χ4n) is 3.31. The predicted molar refractivity (Wildman–Crippen MR) is 112 cm³/mol. The van der Waals surface area contributed by atoms with Gasteiger partial charge in [0, 0.05) is 23.2 Å².